The number of thiazole rings is 1. The van der Waals surface area contributed by atoms with E-state index in [9.17, 15) is 4.79 Å². The van der Waals surface area contributed by atoms with E-state index in [1.54, 1.807) is 11.3 Å². The van der Waals surface area contributed by atoms with Crippen LogP contribution in [0.1, 0.15) is 30.0 Å². The van der Waals surface area contributed by atoms with Crippen molar-refractivity contribution in [2.75, 3.05) is 6.61 Å². The van der Waals surface area contributed by atoms with Crippen LogP contribution in [0.2, 0.25) is 0 Å². The van der Waals surface area contributed by atoms with E-state index in [0.717, 1.165) is 30.0 Å². The second kappa shape index (κ2) is 6.82. The lowest BCUT2D eigenvalue weighted by Crippen LogP contribution is -2.32. The Balaban J connectivity index is 1.64. The van der Waals surface area contributed by atoms with Gasteiger partial charge in [-0.1, -0.05) is 12.2 Å². The van der Waals surface area contributed by atoms with Gasteiger partial charge in [-0.15, -0.1) is 11.3 Å². The highest BCUT2D eigenvalue weighted by molar-refractivity contribution is 7.09. The van der Waals surface area contributed by atoms with Crippen molar-refractivity contribution < 1.29 is 9.90 Å². The van der Waals surface area contributed by atoms with Crippen molar-refractivity contribution in [2.24, 2.45) is 5.92 Å². The topological polar surface area (TPSA) is 62.2 Å². The van der Waals surface area contributed by atoms with Crippen LogP contribution >= 0.6 is 11.3 Å². The maximum Gasteiger partial charge on any atom is 0.220 e. The zero-order chi connectivity index (χ0) is 13.7. The first-order valence-corrected chi connectivity index (χ1v) is 7.55. The molecule has 1 aliphatic rings. The Bertz CT molecular complexity index is 456. The number of aryl methyl sites for hydroxylation is 2. The number of aromatic nitrogens is 1. The number of hydrogen-bond acceptors (Lipinski definition) is 4. The molecule has 0 bridgehead atoms. The van der Waals surface area contributed by atoms with Crippen LogP contribution in [-0.4, -0.2) is 28.6 Å². The van der Waals surface area contributed by atoms with Crippen LogP contribution in [0, 0.1) is 12.8 Å². The summed E-state index contributed by atoms with van der Waals surface area (Å²) in [5, 5.41) is 15.1. The van der Waals surface area contributed by atoms with Crippen molar-refractivity contribution in [1.82, 2.24) is 10.3 Å². The largest absolute Gasteiger partial charge is 0.396 e. The number of aliphatic hydroxyl groups is 1. The Morgan fingerprint density at radius 2 is 2.42 bits per heavy atom. The third kappa shape index (κ3) is 4.44. The molecule has 1 amide bonds. The molecule has 2 rings (SSSR count). The smallest absolute Gasteiger partial charge is 0.220 e. The maximum absolute atomic E-state index is 11.8. The second-order valence-electron chi connectivity index (χ2n) is 4.95. The van der Waals surface area contributed by atoms with E-state index in [1.165, 1.54) is 0 Å². The zero-order valence-electron chi connectivity index (χ0n) is 11.1. The van der Waals surface area contributed by atoms with Crippen LogP contribution in [0.4, 0.5) is 0 Å². The third-order valence-electron chi connectivity index (χ3n) is 3.26. The summed E-state index contributed by atoms with van der Waals surface area (Å²) in [7, 11) is 0. The number of amides is 1. The fourth-order valence-electron chi connectivity index (χ4n) is 2.25. The predicted octanol–water partition coefficient (Wildman–Crippen LogP) is 1.83. The van der Waals surface area contributed by atoms with Crippen LogP contribution in [0.3, 0.4) is 0 Å². The molecule has 5 heteroatoms. The molecule has 104 valence electrons. The van der Waals surface area contributed by atoms with E-state index in [0.29, 0.717) is 6.42 Å². The fourth-order valence-corrected chi connectivity index (χ4v) is 2.90. The van der Waals surface area contributed by atoms with E-state index in [4.69, 9.17) is 5.11 Å². The molecule has 0 unspecified atom stereocenters. The number of hydrogen-bond donors (Lipinski definition) is 2. The molecular weight excluding hydrogens is 260 g/mol. The average molecular weight is 280 g/mol. The average Bonchev–Trinajstić information content (AvgIpc) is 2.98. The molecule has 0 radical (unpaired) electrons. The molecule has 1 aromatic rings. The summed E-state index contributed by atoms with van der Waals surface area (Å²) in [4.78, 5) is 16.1. The summed E-state index contributed by atoms with van der Waals surface area (Å²) < 4.78 is 0. The molecular formula is C14H20N2O2S. The number of nitrogens with zero attached hydrogens (tertiary/aromatic N) is 1. The molecule has 1 aromatic heterocycles. The van der Waals surface area contributed by atoms with Gasteiger partial charge >= 0.3 is 0 Å². The van der Waals surface area contributed by atoms with Gasteiger partial charge in [0.2, 0.25) is 5.91 Å². The molecule has 0 aromatic carbocycles. The maximum atomic E-state index is 11.8. The Labute approximate surface area is 117 Å². The summed E-state index contributed by atoms with van der Waals surface area (Å²) in [5.41, 5.74) is 1.08. The summed E-state index contributed by atoms with van der Waals surface area (Å²) in [5.74, 6) is 0.281. The normalized spacial score (nSPS) is 21.8. The number of carbonyl (C=O) groups is 1. The Hall–Kier alpha value is -1.20. The van der Waals surface area contributed by atoms with Gasteiger partial charge in [0.25, 0.3) is 0 Å². The van der Waals surface area contributed by atoms with Crippen molar-refractivity contribution >= 4 is 17.2 Å². The molecule has 2 N–H and O–H groups in total. The van der Waals surface area contributed by atoms with E-state index in [1.807, 2.05) is 19.1 Å². The quantitative estimate of drug-likeness (QED) is 0.781. The van der Waals surface area contributed by atoms with Crippen LogP contribution < -0.4 is 5.32 Å². The molecule has 0 spiro atoms. The molecule has 0 saturated carbocycles. The van der Waals surface area contributed by atoms with Gasteiger partial charge in [-0.25, -0.2) is 4.98 Å². The summed E-state index contributed by atoms with van der Waals surface area (Å²) >= 11 is 1.65. The fraction of sp³-hybridized carbons (Fsp3) is 0.571. The minimum Gasteiger partial charge on any atom is -0.396 e. The predicted molar refractivity (Wildman–Crippen MR) is 76.1 cm³/mol. The lowest BCUT2D eigenvalue weighted by Gasteiger charge is -2.12. The lowest BCUT2D eigenvalue weighted by atomic mass is 10.1. The lowest BCUT2D eigenvalue weighted by molar-refractivity contribution is -0.121. The monoisotopic (exact) mass is 280 g/mol. The van der Waals surface area contributed by atoms with Crippen molar-refractivity contribution in [1.29, 1.82) is 0 Å². The molecule has 1 aliphatic carbocycles. The van der Waals surface area contributed by atoms with Gasteiger partial charge in [0, 0.05) is 30.4 Å². The van der Waals surface area contributed by atoms with E-state index < -0.39 is 0 Å². The summed E-state index contributed by atoms with van der Waals surface area (Å²) in [6.45, 7) is 2.15. The van der Waals surface area contributed by atoms with Crippen LogP contribution in [-0.2, 0) is 11.2 Å². The summed E-state index contributed by atoms with van der Waals surface area (Å²) in [6.07, 6.45) is 6.98. The molecule has 0 saturated heterocycles. The van der Waals surface area contributed by atoms with Crippen molar-refractivity contribution in [3.8, 4) is 0 Å². The van der Waals surface area contributed by atoms with Gasteiger partial charge in [0.15, 0.2) is 0 Å². The number of aliphatic hydroxyl groups excluding tert-OH is 1. The van der Waals surface area contributed by atoms with E-state index in [2.05, 4.69) is 15.7 Å². The number of rotatable bonds is 6. The van der Waals surface area contributed by atoms with Crippen LogP contribution in [0.15, 0.2) is 17.5 Å². The molecule has 0 aliphatic heterocycles. The van der Waals surface area contributed by atoms with Crippen molar-refractivity contribution in [3.63, 3.8) is 0 Å². The standard InChI is InChI=1S/C14H20N2O2S/c1-10-15-13(9-19-10)3-2-4-14(18)16-12-6-5-11(7-12)8-17/h5-6,9,11-12,17H,2-4,7-8H2,1H3,(H,16,18)/t11-,12+/m0/s1. The van der Waals surface area contributed by atoms with Gasteiger partial charge < -0.3 is 10.4 Å². The first-order valence-electron chi connectivity index (χ1n) is 6.67. The van der Waals surface area contributed by atoms with Crippen molar-refractivity contribution in [3.05, 3.63) is 28.2 Å². The first-order chi connectivity index (χ1) is 9.17. The highest BCUT2D eigenvalue weighted by atomic mass is 32.1. The molecule has 1 heterocycles. The molecule has 19 heavy (non-hydrogen) atoms. The number of nitrogens with one attached hydrogen (secondary N) is 1. The highest BCUT2D eigenvalue weighted by Gasteiger charge is 2.19. The zero-order valence-corrected chi connectivity index (χ0v) is 11.9. The second-order valence-corrected chi connectivity index (χ2v) is 6.01. The van der Waals surface area contributed by atoms with E-state index >= 15 is 0 Å². The Kier molecular flexibility index (Phi) is 5.10. The van der Waals surface area contributed by atoms with Crippen molar-refractivity contribution in [2.45, 2.75) is 38.6 Å². The first kappa shape index (κ1) is 14.2. The van der Waals surface area contributed by atoms with Gasteiger partial charge in [-0.05, 0) is 26.2 Å². The molecule has 2 atom stereocenters. The number of carbonyl (C=O) groups excluding carboxylic acids is 1. The van der Waals surface area contributed by atoms with Gasteiger partial charge in [0.1, 0.15) is 0 Å². The highest BCUT2D eigenvalue weighted by Crippen LogP contribution is 2.17. The van der Waals surface area contributed by atoms with Gasteiger partial charge in [-0.2, -0.15) is 0 Å². The minimum atomic E-state index is 0.0835. The minimum absolute atomic E-state index is 0.0835. The Morgan fingerprint density at radius 1 is 1.58 bits per heavy atom. The Morgan fingerprint density at radius 3 is 3.05 bits per heavy atom. The summed E-state index contributed by atoms with van der Waals surface area (Å²) in [6, 6.07) is 0.0890. The van der Waals surface area contributed by atoms with Crippen LogP contribution in [0.5, 0.6) is 0 Å². The molecule has 0 fully saturated rings. The van der Waals surface area contributed by atoms with Crippen LogP contribution in [0.25, 0.3) is 0 Å². The third-order valence-corrected chi connectivity index (χ3v) is 4.08. The van der Waals surface area contributed by atoms with E-state index in [-0.39, 0.29) is 24.5 Å². The SMILES string of the molecule is Cc1nc(CCCC(=O)N[C@@H]2C=C[C@H](CO)C2)cs1. The van der Waals surface area contributed by atoms with Gasteiger partial charge in [-0.3, -0.25) is 4.79 Å². The van der Waals surface area contributed by atoms with Gasteiger partial charge in [0.05, 0.1) is 10.7 Å². The molecule has 4 nitrogen and oxygen atoms in total.